The zero-order valence-corrected chi connectivity index (χ0v) is 13.3. The molecule has 0 saturated carbocycles. The number of rotatable bonds is 7. The molecule has 26 heavy (non-hydrogen) atoms. The highest BCUT2D eigenvalue weighted by Gasteiger charge is 2.24. The molecule has 1 atom stereocenters. The van der Waals surface area contributed by atoms with Gasteiger partial charge in [0.25, 0.3) is 17.3 Å². The summed E-state index contributed by atoms with van der Waals surface area (Å²) in [4.78, 5) is 44.5. The van der Waals surface area contributed by atoms with Gasteiger partial charge in [-0.1, -0.05) is 24.3 Å². The lowest BCUT2D eigenvalue weighted by Gasteiger charge is -2.15. The number of nitro benzene ring substituents is 2. The van der Waals surface area contributed by atoms with E-state index < -0.39 is 27.7 Å². The van der Waals surface area contributed by atoms with Gasteiger partial charge in [0.2, 0.25) is 5.91 Å². The predicted molar refractivity (Wildman–Crippen MR) is 90.3 cm³/mol. The highest BCUT2D eigenvalue weighted by atomic mass is 16.6. The smallest absolute Gasteiger partial charge is 0.272 e. The van der Waals surface area contributed by atoms with E-state index in [4.69, 9.17) is 5.73 Å². The van der Waals surface area contributed by atoms with E-state index in [0.29, 0.717) is 0 Å². The van der Waals surface area contributed by atoms with Crippen LogP contribution >= 0.6 is 0 Å². The summed E-state index contributed by atoms with van der Waals surface area (Å²) in [5.41, 5.74) is 4.98. The van der Waals surface area contributed by atoms with Gasteiger partial charge >= 0.3 is 0 Å². The molecular formula is C16H14N4O6. The van der Waals surface area contributed by atoms with Crippen molar-refractivity contribution < 1.29 is 19.4 Å². The molecule has 0 aliphatic carbocycles. The number of hydrogen-bond acceptors (Lipinski definition) is 6. The predicted octanol–water partition coefficient (Wildman–Crippen LogP) is 1.33. The Hall–Kier alpha value is -3.82. The number of nitrogens with two attached hydrogens (primary N) is 1. The van der Waals surface area contributed by atoms with E-state index in [0.717, 1.165) is 6.07 Å². The summed E-state index contributed by atoms with van der Waals surface area (Å²) in [5.74, 6) is -1.64. The second-order valence-electron chi connectivity index (χ2n) is 5.33. The molecule has 2 aromatic carbocycles. The largest absolute Gasteiger partial charge is 0.368 e. The molecule has 0 aliphatic heterocycles. The van der Waals surface area contributed by atoms with Gasteiger partial charge in [0, 0.05) is 35.7 Å². The van der Waals surface area contributed by atoms with Crippen LogP contribution in [0.15, 0.2) is 48.5 Å². The highest BCUT2D eigenvalue weighted by molar-refractivity contribution is 5.97. The van der Waals surface area contributed by atoms with Gasteiger partial charge in [-0.2, -0.15) is 0 Å². The Morgan fingerprint density at radius 3 is 2.35 bits per heavy atom. The van der Waals surface area contributed by atoms with Gasteiger partial charge in [0.05, 0.1) is 9.85 Å². The topological polar surface area (TPSA) is 158 Å². The Morgan fingerprint density at radius 2 is 1.73 bits per heavy atom. The quantitative estimate of drug-likeness (QED) is 0.561. The van der Waals surface area contributed by atoms with Crippen molar-refractivity contribution in [3.8, 4) is 0 Å². The van der Waals surface area contributed by atoms with Crippen LogP contribution in [0.5, 0.6) is 0 Å². The van der Waals surface area contributed by atoms with Gasteiger partial charge in [0.15, 0.2) is 0 Å². The van der Waals surface area contributed by atoms with Crippen LogP contribution in [0.3, 0.4) is 0 Å². The van der Waals surface area contributed by atoms with Gasteiger partial charge in [0.1, 0.15) is 6.04 Å². The molecule has 0 heterocycles. The number of non-ortho nitro benzene ring substituents is 1. The molecule has 0 radical (unpaired) electrons. The van der Waals surface area contributed by atoms with Crippen molar-refractivity contribution >= 4 is 23.2 Å². The molecular weight excluding hydrogens is 344 g/mol. The number of nitro groups is 2. The van der Waals surface area contributed by atoms with Crippen LogP contribution < -0.4 is 11.1 Å². The van der Waals surface area contributed by atoms with Crippen LogP contribution in [0.2, 0.25) is 0 Å². The number of para-hydroxylation sites is 1. The minimum absolute atomic E-state index is 0.0342. The van der Waals surface area contributed by atoms with Crippen molar-refractivity contribution in [2.24, 2.45) is 5.73 Å². The summed E-state index contributed by atoms with van der Waals surface area (Å²) in [5, 5.41) is 24.2. The van der Waals surface area contributed by atoms with Crippen molar-refractivity contribution in [1.82, 2.24) is 5.32 Å². The fourth-order valence-corrected chi connectivity index (χ4v) is 2.31. The van der Waals surface area contributed by atoms with Gasteiger partial charge in [-0.05, 0) is 6.07 Å². The summed E-state index contributed by atoms with van der Waals surface area (Å²) >= 11 is 0. The number of amides is 2. The van der Waals surface area contributed by atoms with E-state index in [1.54, 1.807) is 6.07 Å². The lowest BCUT2D eigenvalue weighted by Crippen LogP contribution is -2.45. The Labute approximate surface area is 146 Å². The maximum Gasteiger partial charge on any atom is 0.272 e. The molecule has 134 valence electrons. The first-order valence-corrected chi connectivity index (χ1v) is 7.36. The SMILES string of the molecule is NC(=O)[C@H](Cc1ccccc1[N+](=O)[O-])NC(=O)c1cccc([N+](=O)[O-])c1. The van der Waals surface area contributed by atoms with Crippen molar-refractivity contribution in [3.05, 3.63) is 79.9 Å². The highest BCUT2D eigenvalue weighted by Crippen LogP contribution is 2.19. The summed E-state index contributed by atoms with van der Waals surface area (Å²) < 4.78 is 0. The fourth-order valence-electron chi connectivity index (χ4n) is 2.31. The van der Waals surface area contributed by atoms with E-state index in [2.05, 4.69) is 5.32 Å². The third-order valence-electron chi connectivity index (χ3n) is 3.58. The molecule has 2 rings (SSSR count). The first kappa shape index (κ1) is 18.5. The normalized spacial score (nSPS) is 11.4. The lowest BCUT2D eigenvalue weighted by molar-refractivity contribution is -0.385. The van der Waals surface area contributed by atoms with Gasteiger partial charge in [-0.25, -0.2) is 0 Å². The molecule has 0 saturated heterocycles. The number of carbonyl (C=O) groups excluding carboxylic acids is 2. The summed E-state index contributed by atoms with van der Waals surface area (Å²) in [7, 11) is 0. The average Bonchev–Trinajstić information content (AvgIpc) is 2.61. The molecule has 0 aromatic heterocycles. The summed E-state index contributed by atoms with van der Waals surface area (Å²) in [6.45, 7) is 0. The zero-order valence-electron chi connectivity index (χ0n) is 13.3. The maximum absolute atomic E-state index is 12.3. The standard InChI is InChI=1S/C16H14N4O6/c17-15(21)13(9-10-4-1-2-7-14(10)20(25)26)18-16(22)11-5-3-6-12(8-11)19(23)24/h1-8,13H,9H2,(H2,17,21)(H,18,22)/t13-/m0/s1. The molecule has 0 fully saturated rings. The minimum atomic E-state index is -1.22. The Kier molecular flexibility index (Phi) is 5.58. The number of nitrogens with zero attached hydrogens (tertiary/aromatic N) is 2. The van der Waals surface area contributed by atoms with E-state index in [-0.39, 0.29) is 28.9 Å². The molecule has 0 aliphatic rings. The third kappa shape index (κ3) is 4.38. The first-order chi connectivity index (χ1) is 12.3. The minimum Gasteiger partial charge on any atom is -0.368 e. The van der Waals surface area contributed by atoms with Crippen molar-refractivity contribution in [1.29, 1.82) is 0 Å². The molecule has 10 heteroatoms. The van der Waals surface area contributed by atoms with Crippen LogP contribution in [0.1, 0.15) is 15.9 Å². The zero-order chi connectivity index (χ0) is 19.3. The Morgan fingerprint density at radius 1 is 1.04 bits per heavy atom. The van der Waals surface area contributed by atoms with Crippen LogP contribution in [0, 0.1) is 20.2 Å². The van der Waals surface area contributed by atoms with Gasteiger partial charge in [-0.3, -0.25) is 29.8 Å². The molecule has 2 amide bonds. The van der Waals surface area contributed by atoms with Crippen molar-refractivity contribution in [3.63, 3.8) is 0 Å². The van der Waals surface area contributed by atoms with E-state index in [9.17, 15) is 29.8 Å². The van der Waals surface area contributed by atoms with E-state index in [1.807, 2.05) is 0 Å². The second kappa shape index (κ2) is 7.83. The molecule has 0 unspecified atom stereocenters. The Bertz CT molecular complexity index is 883. The number of primary amides is 1. The number of benzene rings is 2. The number of hydrogen-bond donors (Lipinski definition) is 2. The van der Waals surface area contributed by atoms with Gasteiger partial charge in [-0.15, -0.1) is 0 Å². The van der Waals surface area contributed by atoms with Crippen LogP contribution in [-0.4, -0.2) is 27.7 Å². The van der Waals surface area contributed by atoms with Crippen molar-refractivity contribution in [2.45, 2.75) is 12.5 Å². The van der Waals surface area contributed by atoms with Gasteiger partial charge < -0.3 is 11.1 Å². The molecule has 0 spiro atoms. The van der Waals surface area contributed by atoms with Crippen molar-refractivity contribution in [2.75, 3.05) is 0 Å². The summed E-state index contributed by atoms with van der Waals surface area (Å²) in [6.07, 6.45) is -0.187. The van der Waals surface area contributed by atoms with Crippen LogP contribution in [0.25, 0.3) is 0 Å². The maximum atomic E-state index is 12.3. The molecule has 3 N–H and O–H groups in total. The van der Waals surface area contributed by atoms with Crippen LogP contribution in [-0.2, 0) is 11.2 Å². The van der Waals surface area contributed by atoms with Crippen LogP contribution in [0.4, 0.5) is 11.4 Å². The first-order valence-electron chi connectivity index (χ1n) is 7.36. The lowest BCUT2D eigenvalue weighted by atomic mass is 10.0. The monoisotopic (exact) mass is 358 g/mol. The van der Waals surface area contributed by atoms with E-state index in [1.165, 1.54) is 36.4 Å². The fraction of sp³-hybridized carbons (Fsp3) is 0.125. The Balaban J connectivity index is 2.23. The average molecular weight is 358 g/mol. The summed E-state index contributed by atoms with van der Waals surface area (Å²) in [6, 6.07) is 9.48. The molecule has 2 aromatic rings. The third-order valence-corrected chi connectivity index (χ3v) is 3.58. The number of carbonyl (C=O) groups is 2. The number of nitrogens with one attached hydrogen (secondary N) is 1. The van der Waals surface area contributed by atoms with E-state index >= 15 is 0 Å². The molecule has 0 bridgehead atoms. The molecule has 10 nitrogen and oxygen atoms in total. The second-order valence-corrected chi connectivity index (χ2v) is 5.33.